The molecule has 3 aromatic rings. The highest BCUT2D eigenvalue weighted by atomic mass is 19.1. The summed E-state index contributed by atoms with van der Waals surface area (Å²) in [7, 11) is 0. The van der Waals surface area contributed by atoms with E-state index in [-0.39, 0.29) is 11.7 Å². The lowest BCUT2D eigenvalue weighted by molar-refractivity contribution is -0.127. The summed E-state index contributed by atoms with van der Waals surface area (Å²) in [5.74, 6) is 0.00310. The van der Waals surface area contributed by atoms with Gasteiger partial charge in [0.05, 0.1) is 6.20 Å². The minimum atomic E-state index is -0.498. The van der Waals surface area contributed by atoms with E-state index >= 15 is 0 Å². The summed E-state index contributed by atoms with van der Waals surface area (Å²) in [6.45, 7) is 3.77. The maximum atomic E-state index is 14.4. The highest BCUT2D eigenvalue weighted by Gasteiger charge is 2.19. The van der Waals surface area contributed by atoms with Crippen molar-refractivity contribution in [1.29, 1.82) is 0 Å². The summed E-state index contributed by atoms with van der Waals surface area (Å²) in [6, 6.07) is 12.0. The molecule has 1 amide bonds. The number of ether oxygens (including phenoxy) is 1. The van der Waals surface area contributed by atoms with E-state index in [4.69, 9.17) is 4.74 Å². The summed E-state index contributed by atoms with van der Waals surface area (Å²) in [5, 5.41) is 0. The van der Waals surface area contributed by atoms with Crippen LogP contribution in [0.25, 0.3) is 6.08 Å². The predicted octanol–water partition coefficient (Wildman–Crippen LogP) is 3.77. The molecule has 3 heterocycles. The van der Waals surface area contributed by atoms with Crippen molar-refractivity contribution in [3.05, 3.63) is 90.3 Å². The van der Waals surface area contributed by atoms with Gasteiger partial charge in [-0.25, -0.2) is 4.39 Å². The molecule has 1 aliphatic rings. The molecule has 1 fully saturated rings. The molecule has 1 aliphatic heterocycles. The normalized spacial score (nSPS) is 14.7. The van der Waals surface area contributed by atoms with Crippen LogP contribution in [0.4, 0.5) is 4.39 Å². The van der Waals surface area contributed by atoms with Gasteiger partial charge in [-0.15, -0.1) is 0 Å². The van der Waals surface area contributed by atoms with Gasteiger partial charge in [0.1, 0.15) is 5.75 Å². The van der Waals surface area contributed by atoms with Crippen molar-refractivity contribution in [3.63, 3.8) is 0 Å². The largest absolute Gasteiger partial charge is 0.453 e. The fourth-order valence-electron chi connectivity index (χ4n) is 3.39. The second-order valence-corrected chi connectivity index (χ2v) is 7.28. The molecule has 0 unspecified atom stereocenters. The Bertz CT molecular complexity index is 1040. The van der Waals surface area contributed by atoms with Gasteiger partial charge in [-0.2, -0.15) is 0 Å². The third kappa shape index (κ3) is 5.73. The number of piperazine rings is 1. The number of nitrogens with zero attached hydrogens (tertiary/aromatic N) is 4. The Kier molecular flexibility index (Phi) is 6.64. The van der Waals surface area contributed by atoms with Crippen LogP contribution in [0.15, 0.2) is 73.3 Å². The number of aromatic nitrogens is 2. The first kappa shape index (κ1) is 20.7. The molecule has 7 heteroatoms. The third-order valence-electron chi connectivity index (χ3n) is 5.05. The monoisotopic (exact) mass is 418 g/mol. The highest BCUT2D eigenvalue weighted by molar-refractivity contribution is 5.91. The van der Waals surface area contributed by atoms with Crippen molar-refractivity contribution in [2.75, 3.05) is 26.2 Å². The predicted molar refractivity (Wildman–Crippen MR) is 116 cm³/mol. The standard InChI is InChI=1S/C24H23FN4O2/c25-22-15-19(5-7-23(22)31-21-4-2-10-27-17-21)6-8-24(30)29-13-11-28(12-14-29)18-20-3-1-9-26-16-20/h1-10,15-17H,11-14,18H2/b8-6+. The van der Waals surface area contributed by atoms with Crippen molar-refractivity contribution in [2.45, 2.75) is 6.54 Å². The van der Waals surface area contributed by atoms with Gasteiger partial charge >= 0.3 is 0 Å². The number of hydrogen-bond donors (Lipinski definition) is 0. The van der Waals surface area contributed by atoms with Crippen LogP contribution in [0.3, 0.4) is 0 Å². The van der Waals surface area contributed by atoms with Crippen molar-refractivity contribution in [1.82, 2.24) is 19.8 Å². The Morgan fingerprint density at radius 2 is 1.81 bits per heavy atom. The topological polar surface area (TPSA) is 58.6 Å². The van der Waals surface area contributed by atoms with Crippen LogP contribution in [0, 0.1) is 5.82 Å². The van der Waals surface area contributed by atoms with E-state index in [2.05, 4.69) is 20.9 Å². The zero-order valence-corrected chi connectivity index (χ0v) is 17.0. The fourth-order valence-corrected chi connectivity index (χ4v) is 3.39. The van der Waals surface area contributed by atoms with E-state index in [1.807, 2.05) is 17.2 Å². The Labute approximate surface area is 180 Å². The van der Waals surface area contributed by atoms with Crippen LogP contribution in [-0.4, -0.2) is 51.9 Å². The average Bonchev–Trinajstić information content (AvgIpc) is 2.81. The zero-order chi connectivity index (χ0) is 21.5. The number of carbonyl (C=O) groups is 1. The summed E-state index contributed by atoms with van der Waals surface area (Å²) in [5.41, 5.74) is 1.76. The maximum Gasteiger partial charge on any atom is 0.246 e. The van der Waals surface area contributed by atoms with E-state index in [1.165, 1.54) is 23.9 Å². The Balaban J connectivity index is 1.29. The van der Waals surface area contributed by atoms with Crippen LogP contribution in [0.1, 0.15) is 11.1 Å². The Morgan fingerprint density at radius 3 is 2.48 bits per heavy atom. The second kappa shape index (κ2) is 9.95. The second-order valence-electron chi connectivity index (χ2n) is 7.28. The minimum Gasteiger partial charge on any atom is -0.453 e. The van der Waals surface area contributed by atoms with Crippen molar-refractivity contribution in [2.24, 2.45) is 0 Å². The van der Waals surface area contributed by atoms with Gasteiger partial charge in [-0.1, -0.05) is 12.1 Å². The van der Waals surface area contributed by atoms with Crippen LogP contribution in [0.2, 0.25) is 0 Å². The number of carbonyl (C=O) groups excluding carboxylic acids is 1. The van der Waals surface area contributed by atoms with E-state index in [0.717, 1.165) is 19.6 Å². The summed E-state index contributed by atoms with van der Waals surface area (Å²) in [4.78, 5) is 24.7. The average molecular weight is 418 g/mol. The van der Waals surface area contributed by atoms with E-state index in [9.17, 15) is 9.18 Å². The van der Waals surface area contributed by atoms with Gasteiger partial charge in [-0.05, 0) is 47.5 Å². The molecule has 158 valence electrons. The zero-order valence-electron chi connectivity index (χ0n) is 17.0. The number of pyridine rings is 2. The van der Waals surface area contributed by atoms with Crippen molar-refractivity contribution in [3.8, 4) is 11.5 Å². The summed E-state index contributed by atoms with van der Waals surface area (Å²) >= 11 is 0. The quantitative estimate of drug-likeness (QED) is 0.571. The molecule has 0 N–H and O–H groups in total. The van der Waals surface area contributed by atoms with Gasteiger partial charge in [0.25, 0.3) is 0 Å². The molecule has 0 saturated carbocycles. The number of rotatable bonds is 6. The highest BCUT2D eigenvalue weighted by Crippen LogP contribution is 2.25. The molecule has 0 spiro atoms. The molecular weight excluding hydrogens is 395 g/mol. The minimum absolute atomic E-state index is 0.0721. The van der Waals surface area contributed by atoms with E-state index < -0.39 is 5.82 Å². The number of amides is 1. The maximum absolute atomic E-state index is 14.4. The Morgan fingerprint density at radius 1 is 1.03 bits per heavy atom. The number of halogens is 1. The summed E-state index contributed by atoms with van der Waals surface area (Å²) in [6.07, 6.45) is 9.89. The van der Waals surface area contributed by atoms with Crippen LogP contribution in [-0.2, 0) is 11.3 Å². The first-order valence-electron chi connectivity index (χ1n) is 10.1. The van der Waals surface area contributed by atoms with Crippen LogP contribution >= 0.6 is 0 Å². The van der Waals surface area contributed by atoms with Gasteiger partial charge in [0, 0.05) is 57.4 Å². The van der Waals surface area contributed by atoms with Crippen molar-refractivity contribution >= 4 is 12.0 Å². The van der Waals surface area contributed by atoms with Crippen LogP contribution < -0.4 is 4.74 Å². The number of hydrogen-bond acceptors (Lipinski definition) is 5. The summed E-state index contributed by atoms with van der Waals surface area (Å²) < 4.78 is 19.8. The molecule has 1 aromatic carbocycles. The van der Waals surface area contributed by atoms with Gasteiger partial charge in [-0.3, -0.25) is 19.7 Å². The molecule has 0 radical (unpaired) electrons. The molecular formula is C24H23FN4O2. The van der Waals surface area contributed by atoms with Crippen molar-refractivity contribution < 1.29 is 13.9 Å². The molecule has 6 nitrogen and oxygen atoms in total. The smallest absolute Gasteiger partial charge is 0.246 e. The molecule has 0 aliphatic carbocycles. The van der Waals surface area contributed by atoms with Gasteiger partial charge in [0.15, 0.2) is 11.6 Å². The molecule has 0 atom stereocenters. The molecule has 1 saturated heterocycles. The number of benzene rings is 1. The lowest BCUT2D eigenvalue weighted by Gasteiger charge is -2.34. The fraction of sp³-hybridized carbons (Fsp3) is 0.208. The van der Waals surface area contributed by atoms with E-state index in [0.29, 0.717) is 24.4 Å². The third-order valence-corrected chi connectivity index (χ3v) is 5.05. The van der Waals surface area contributed by atoms with Gasteiger partial charge < -0.3 is 9.64 Å². The SMILES string of the molecule is O=C(/C=C/c1ccc(Oc2cccnc2)c(F)c1)N1CCN(Cc2cccnc2)CC1. The Hall–Kier alpha value is -3.58. The van der Waals surface area contributed by atoms with Crippen LogP contribution in [0.5, 0.6) is 11.5 Å². The molecule has 31 heavy (non-hydrogen) atoms. The molecule has 0 bridgehead atoms. The van der Waals surface area contributed by atoms with E-state index in [1.54, 1.807) is 42.7 Å². The lowest BCUT2D eigenvalue weighted by atomic mass is 10.2. The molecule has 4 rings (SSSR count). The first-order valence-corrected chi connectivity index (χ1v) is 10.1. The molecule has 2 aromatic heterocycles. The first-order chi connectivity index (χ1) is 15.2. The lowest BCUT2D eigenvalue weighted by Crippen LogP contribution is -2.47. The van der Waals surface area contributed by atoms with Gasteiger partial charge in [0.2, 0.25) is 5.91 Å².